The van der Waals surface area contributed by atoms with E-state index in [1.165, 1.54) is 0 Å². The number of nitrogens with zero attached hydrogens (tertiary/aromatic N) is 2. The van der Waals surface area contributed by atoms with Crippen LogP contribution in [0.25, 0.3) is 10.2 Å². The molecule has 5 heteroatoms. The first-order valence-corrected chi connectivity index (χ1v) is 9.91. The van der Waals surface area contributed by atoms with Gasteiger partial charge in [0, 0.05) is 13.0 Å². The van der Waals surface area contributed by atoms with Crippen molar-refractivity contribution in [3.05, 3.63) is 58.9 Å². The molecule has 0 aliphatic heterocycles. The summed E-state index contributed by atoms with van der Waals surface area (Å²) in [5.74, 6) is 0.774. The molecule has 0 saturated heterocycles. The average Bonchev–Trinajstić information content (AvgIpc) is 3.00. The van der Waals surface area contributed by atoms with Crippen LogP contribution in [0, 0.1) is 0 Å². The van der Waals surface area contributed by atoms with Crippen molar-refractivity contribution >= 4 is 27.5 Å². The number of aryl methyl sites for hydroxylation is 2. The number of hydrogen-bond donors (Lipinski definition) is 0. The molecule has 0 fully saturated rings. The molecule has 3 aromatic rings. The van der Waals surface area contributed by atoms with Crippen LogP contribution in [0.15, 0.2) is 53.5 Å². The molecule has 0 bridgehead atoms. The lowest BCUT2D eigenvalue weighted by atomic mass is 10.1. The van der Waals surface area contributed by atoms with Gasteiger partial charge in [-0.2, -0.15) is 4.99 Å². The number of carbonyl (C=O) groups is 1. The van der Waals surface area contributed by atoms with Crippen molar-refractivity contribution in [3.8, 4) is 5.75 Å². The van der Waals surface area contributed by atoms with E-state index in [1.54, 1.807) is 11.3 Å². The first kappa shape index (κ1) is 18.4. The van der Waals surface area contributed by atoms with Gasteiger partial charge in [-0.1, -0.05) is 54.7 Å². The van der Waals surface area contributed by atoms with Gasteiger partial charge in [0.2, 0.25) is 5.91 Å². The maximum atomic E-state index is 12.4. The molecule has 4 nitrogen and oxygen atoms in total. The van der Waals surface area contributed by atoms with Gasteiger partial charge >= 0.3 is 0 Å². The summed E-state index contributed by atoms with van der Waals surface area (Å²) in [6, 6.07) is 16.1. The zero-order valence-corrected chi connectivity index (χ0v) is 16.1. The first-order valence-electron chi connectivity index (χ1n) is 9.09. The fourth-order valence-electron chi connectivity index (χ4n) is 2.94. The Balaban J connectivity index is 1.92. The van der Waals surface area contributed by atoms with E-state index in [2.05, 4.69) is 22.5 Å². The topological polar surface area (TPSA) is 43.6 Å². The van der Waals surface area contributed by atoms with E-state index in [1.807, 2.05) is 49.4 Å². The summed E-state index contributed by atoms with van der Waals surface area (Å²) in [5, 5.41) is 0. The van der Waals surface area contributed by atoms with Gasteiger partial charge < -0.3 is 9.30 Å². The molecule has 2 aromatic carbocycles. The quantitative estimate of drug-likeness (QED) is 0.613. The monoisotopic (exact) mass is 368 g/mol. The number of carbonyl (C=O) groups excluding carboxylic acids is 1. The number of aromatic nitrogens is 1. The van der Waals surface area contributed by atoms with E-state index in [4.69, 9.17) is 4.74 Å². The Morgan fingerprint density at radius 2 is 1.92 bits per heavy atom. The van der Waals surface area contributed by atoms with Crippen molar-refractivity contribution in [3.63, 3.8) is 0 Å². The van der Waals surface area contributed by atoms with Crippen molar-refractivity contribution in [1.29, 1.82) is 0 Å². The van der Waals surface area contributed by atoms with Crippen LogP contribution in [0.4, 0.5) is 0 Å². The number of amides is 1. The average molecular weight is 369 g/mol. The molecule has 1 heterocycles. The molecule has 0 atom stereocenters. The lowest BCUT2D eigenvalue weighted by molar-refractivity contribution is -0.118. The van der Waals surface area contributed by atoms with Crippen LogP contribution < -0.4 is 9.54 Å². The van der Waals surface area contributed by atoms with Crippen molar-refractivity contribution in [1.82, 2.24) is 4.57 Å². The third-order valence-corrected chi connectivity index (χ3v) is 5.15. The van der Waals surface area contributed by atoms with E-state index in [0.29, 0.717) is 19.4 Å². The van der Waals surface area contributed by atoms with Gasteiger partial charge in [0.1, 0.15) is 11.3 Å². The van der Waals surface area contributed by atoms with E-state index in [-0.39, 0.29) is 5.91 Å². The maximum Gasteiger partial charge on any atom is 0.248 e. The van der Waals surface area contributed by atoms with Gasteiger partial charge in [-0.25, -0.2) is 0 Å². The van der Waals surface area contributed by atoms with Crippen LogP contribution in [0.5, 0.6) is 5.75 Å². The van der Waals surface area contributed by atoms with Gasteiger partial charge in [0.15, 0.2) is 4.80 Å². The summed E-state index contributed by atoms with van der Waals surface area (Å²) in [4.78, 5) is 17.6. The molecule has 0 N–H and O–H groups in total. The molecule has 0 radical (unpaired) electrons. The molecule has 1 aromatic heterocycles. The molecular weight excluding hydrogens is 344 g/mol. The minimum Gasteiger partial charge on any atom is -0.492 e. The fraction of sp³-hybridized carbons (Fsp3) is 0.333. The van der Waals surface area contributed by atoms with Crippen LogP contribution in [0.1, 0.15) is 32.3 Å². The molecule has 136 valence electrons. The number of hydrogen-bond acceptors (Lipinski definition) is 3. The highest BCUT2D eigenvalue weighted by Crippen LogP contribution is 2.27. The first-order chi connectivity index (χ1) is 12.7. The normalized spacial score (nSPS) is 11.8. The Hall–Kier alpha value is -2.40. The van der Waals surface area contributed by atoms with Crippen LogP contribution in [0.3, 0.4) is 0 Å². The van der Waals surface area contributed by atoms with Crippen molar-refractivity contribution in [2.45, 2.75) is 39.7 Å². The smallest absolute Gasteiger partial charge is 0.248 e. The molecule has 3 rings (SSSR count). The second-order valence-corrected chi connectivity index (χ2v) is 7.07. The molecule has 0 unspecified atom stereocenters. The highest BCUT2D eigenvalue weighted by Gasteiger charge is 2.12. The van der Waals surface area contributed by atoms with E-state index in [9.17, 15) is 4.79 Å². The number of thiazole rings is 1. The largest absolute Gasteiger partial charge is 0.492 e. The highest BCUT2D eigenvalue weighted by molar-refractivity contribution is 7.16. The lowest BCUT2D eigenvalue weighted by Gasteiger charge is -2.08. The summed E-state index contributed by atoms with van der Waals surface area (Å²) in [6.45, 7) is 5.53. The van der Waals surface area contributed by atoms with Crippen LogP contribution in [-0.2, 0) is 17.8 Å². The number of rotatable bonds is 7. The summed E-state index contributed by atoms with van der Waals surface area (Å²) in [7, 11) is 0. The standard InChI is InChI=1S/C21H24N2O2S/c1-3-15-23-20-17(25-4-2)11-8-12-18(20)26-21(23)22-19(24)14-13-16-9-6-5-7-10-16/h5-12H,3-4,13-15H2,1-2H3. The predicted molar refractivity (Wildman–Crippen MR) is 107 cm³/mol. The molecule has 0 saturated carbocycles. The number of benzene rings is 2. The Morgan fingerprint density at radius 1 is 1.12 bits per heavy atom. The second kappa shape index (κ2) is 8.81. The van der Waals surface area contributed by atoms with E-state index >= 15 is 0 Å². The SMILES string of the molecule is CCCn1c(=NC(=O)CCc2ccccc2)sc2cccc(OCC)c21. The summed E-state index contributed by atoms with van der Waals surface area (Å²) < 4.78 is 9.00. The second-order valence-electron chi connectivity index (χ2n) is 6.06. The minimum absolute atomic E-state index is 0.0803. The van der Waals surface area contributed by atoms with Crippen molar-refractivity contribution < 1.29 is 9.53 Å². The lowest BCUT2D eigenvalue weighted by Crippen LogP contribution is -2.17. The minimum atomic E-state index is -0.0803. The summed E-state index contributed by atoms with van der Waals surface area (Å²) >= 11 is 1.55. The maximum absolute atomic E-state index is 12.4. The Kier molecular flexibility index (Phi) is 6.23. The number of fused-ring (bicyclic) bond motifs is 1. The number of para-hydroxylation sites is 1. The summed E-state index contributed by atoms with van der Waals surface area (Å²) in [6.07, 6.45) is 2.10. The van der Waals surface area contributed by atoms with Crippen LogP contribution >= 0.6 is 11.3 Å². The molecule has 1 amide bonds. The van der Waals surface area contributed by atoms with Gasteiger partial charge in [-0.05, 0) is 37.5 Å². The summed E-state index contributed by atoms with van der Waals surface area (Å²) in [5.41, 5.74) is 2.20. The molecule has 26 heavy (non-hydrogen) atoms. The third-order valence-electron chi connectivity index (χ3n) is 4.10. The Labute approximate surface area is 157 Å². The van der Waals surface area contributed by atoms with Crippen LogP contribution in [0.2, 0.25) is 0 Å². The zero-order chi connectivity index (χ0) is 18.4. The van der Waals surface area contributed by atoms with Gasteiger partial charge in [-0.3, -0.25) is 4.79 Å². The van der Waals surface area contributed by atoms with Gasteiger partial charge in [0.05, 0.1) is 11.3 Å². The third kappa shape index (κ3) is 4.22. The predicted octanol–water partition coefficient (Wildman–Crippen LogP) is 4.57. The number of ether oxygens (including phenoxy) is 1. The Morgan fingerprint density at radius 3 is 2.65 bits per heavy atom. The highest BCUT2D eigenvalue weighted by atomic mass is 32.1. The van der Waals surface area contributed by atoms with E-state index in [0.717, 1.165) is 39.3 Å². The van der Waals surface area contributed by atoms with Crippen molar-refractivity contribution in [2.75, 3.05) is 6.61 Å². The van der Waals surface area contributed by atoms with Crippen LogP contribution in [-0.4, -0.2) is 17.1 Å². The zero-order valence-electron chi connectivity index (χ0n) is 15.3. The van der Waals surface area contributed by atoms with Gasteiger partial charge in [-0.15, -0.1) is 0 Å². The van der Waals surface area contributed by atoms with Gasteiger partial charge in [0.25, 0.3) is 0 Å². The van der Waals surface area contributed by atoms with Crippen molar-refractivity contribution in [2.24, 2.45) is 4.99 Å². The molecule has 0 aliphatic rings. The van der Waals surface area contributed by atoms with E-state index < -0.39 is 0 Å². The molecular formula is C21H24N2O2S. The molecule has 0 aliphatic carbocycles. The molecule has 0 spiro atoms. The fourth-order valence-corrected chi connectivity index (χ4v) is 4.04. The Bertz CT molecular complexity index is 942.